The van der Waals surface area contributed by atoms with E-state index < -0.39 is 10.0 Å². The molecule has 4 N–H and O–H groups in total. The molecule has 110 valence electrons. The number of anilines is 2. The van der Waals surface area contributed by atoms with E-state index in [1.165, 1.54) is 17.2 Å². The fourth-order valence-corrected chi connectivity index (χ4v) is 3.65. The molecule has 0 aliphatic carbocycles. The first kappa shape index (κ1) is 13.9. The van der Waals surface area contributed by atoms with E-state index in [1.807, 2.05) is 12.1 Å². The molecule has 0 spiro atoms. The van der Waals surface area contributed by atoms with Gasteiger partial charge >= 0.3 is 0 Å². The summed E-state index contributed by atoms with van der Waals surface area (Å²) in [4.78, 5) is 2.21. The minimum absolute atomic E-state index is 0.0912. The highest BCUT2D eigenvalue weighted by Gasteiger charge is 2.23. The smallest absolute Gasteiger partial charge is 0.238 e. The van der Waals surface area contributed by atoms with Gasteiger partial charge in [0.2, 0.25) is 10.0 Å². The van der Waals surface area contributed by atoms with E-state index in [-0.39, 0.29) is 4.90 Å². The van der Waals surface area contributed by atoms with Crippen LogP contribution in [0.15, 0.2) is 41.3 Å². The van der Waals surface area contributed by atoms with Gasteiger partial charge in [-0.05, 0) is 35.7 Å². The van der Waals surface area contributed by atoms with Gasteiger partial charge in [-0.3, -0.25) is 0 Å². The average molecular weight is 303 g/mol. The van der Waals surface area contributed by atoms with Crippen LogP contribution < -0.4 is 15.8 Å². The number of fused-ring (bicyclic) bond motifs is 1. The van der Waals surface area contributed by atoms with Crippen molar-refractivity contribution in [3.8, 4) is 0 Å². The highest BCUT2D eigenvalue weighted by Crippen LogP contribution is 2.34. The first-order valence-electron chi connectivity index (χ1n) is 6.61. The largest absolute Gasteiger partial charge is 0.399 e. The Morgan fingerprint density at radius 1 is 1.10 bits per heavy atom. The van der Waals surface area contributed by atoms with Gasteiger partial charge in [-0.15, -0.1) is 0 Å². The van der Waals surface area contributed by atoms with E-state index in [4.69, 9.17) is 10.9 Å². The molecule has 1 aliphatic rings. The van der Waals surface area contributed by atoms with E-state index in [9.17, 15) is 8.42 Å². The number of sulfonamides is 1. The number of hydrogen-bond donors (Lipinski definition) is 2. The van der Waals surface area contributed by atoms with E-state index >= 15 is 0 Å². The first-order valence-corrected chi connectivity index (χ1v) is 8.15. The average Bonchev–Trinajstić information content (AvgIpc) is 2.83. The van der Waals surface area contributed by atoms with Crippen LogP contribution in [-0.4, -0.2) is 8.42 Å². The van der Waals surface area contributed by atoms with Gasteiger partial charge in [-0.1, -0.05) is 24.3 Å². The van der Waals surface area contributed by atoms with Gasteiger partial charge in [0.05, 0.1) is 4.90 Å². The van der Waals surface area contributed by atoms with Crippen LogP contribution >= 0.6 is 0 Å². The molecule has 0 aromatic heterocycles. The van der Waals surface area contributed by atoms with Crippen molar-refractivity contribution >= 4 is 21.4 Å². The molecule has 6 heteroatoms. The summed E-state index contributed by atoms with van der Waals surface area (Å²) >= 11 is 0. The van der Waals surface area contributed by atoms with Crippen LogP contribution in [0.1, 0.15) is 16.7 Å². The Balaban J connectivity index is 2.07. The number of primary sulfonamides is 1. The van der Waals surface area contributed by atoms with Crippen LogP contribution in [-0.2, 0) is 23.1 Å². The summed E-state index contributed by atoms with van der Waals surface area (Å²) in [5.74, 6) is 0. The molecule has 0 unspecified atom stereocenters. The predicted octanol–water partition coefficient (Wildman–Crippen LogP) is 1.74. The highest BCUT2D eigenvalue weighted by atomic mass is 32.2. The second-order valence-corrected chi connectivity index (χ2v) is 6.86. The number of nitrogen functional groups attached to an aromatic ring is 1. The Kier molecular flexibility index (Phi) is 3.15. The molecular formula is C15H17N3O2S. The van der Waals surface area contributed by atoms with Crippen LogP contribution in [0.4, 0.5) is 11.4 Å². The van der Waals surface area contributed by atoms with Gasteiger partial charge in [0.1, 0.15) is 0 Å². The van der Waals surface area contributed by atoms with Gasteiger partial charge in [0.15, 0.2) is 0 Å². The third kappa shape index (κ3) is 2.48. The standard InChI is InChI=1S/C15H17N3O2S/c1-10-14(6-13(16)7-15(10)21(17,19)20)18-8-11-4-2-3-5-12(11)9-18/h2-7H,8-9,16H2,1H3,(H2,17,19,20). The van der Waals surface area contributed by atoms with Gasteiger partial charge in [0.25, 0.3) is 0 Å². The van der Waals surface area contributed by atoms with Gasteiger partial charge in [0, 0.05) is 24.5 Å². The predicted molar refractivity (Wildman–Crippen MR) is 83.3 cm³/mol. The minimum Gasteiger partial charge on any atom is -0.399 e. The Morgan fingerprint density at radius 3 is 2.19 bits per heavy atom. The van der Waals surface area contributed by atoms with Crippen molar-refractivity contribution in [2.45, 2.75) is 24.9 Å². The number of nitrogens with zero attached hydrogens (tertiary/aromatic N) is 1. The number of hydrogen-bond acceptors (Lipinski definition) is 4. The molecule has 0 saturated heterocycles. The van der Waals surface area contributed by atoms with E-state index in [0.29, 0.717) is 11.3 Å². The van der Waals surface area contributed by atoms with Crippen molar-refractivity contribution < 1.29 is 8.42 Å². The maximum absolute atomic E-state index is 11.7. The third-order valence-corrected chi connectivity index (χ3v) is 4.88. The van der Waals surface area contributed by atoms with Crippen molar-refractivity contribution in [1.82, 2.24) is 0 Å². The van der Waals surface area contributed by atoms with E-state index in [2.05, 4.69) is 17.0 Å². The fourth-order valence-electron chi connectivity index (χ4n) is 2.82. The summed E-state index contributed by atoms with van der Waals surface area (Å²) in [6.45, 7) is 3.24. The molecule has 2 aromatic carbocycles. The number of rotatable bonds is 2. The summed E-state index contributed by atoms with van der Waals surface area (Å²) < 4.78 is 23.4. The van der Waals surface area contributed by atoms with Crippen LogP contribution in [0, 0.1) is 6.92 Å². The zero-order valence-corrected chi connectivity index (χ0v) is 12.5. The van der Waals surface area contributed by atoms with Crippen molar-refractivity contribution in [3.05, 3.63) is 53.1 Å². The molecule has 0 fully saturated rings. The monoisotopic (exact) mass is 303 g/mol. The minimum atomic E-state index is -3.78. The molecule has 0 radical (unpaired) electrons. The summed E-state index contributed by atoms with van der Waals surface area (Å²) in [6, 6.07) is 11.4. The zero-order valence-electron chi connectivity index (χ0n) is 11.7. The molecule has 2 aromatic rings. The zero-order chi connectivity index (χ0) is 15.2. The molecule has 5 nitrogen and oxygen atoms in total. The Hall–Kier alpha value is -2.05. The summed E-state index contributed by atoms with van der Waals surface area (Å²) in [7, 11) is -3.78. The molecule has 21 heavy (non-hydrogen) atoms. The Labute approximate surface area is 124 Å². The lowest BCUT2D eigenvalue weighted by molar-refractivity contribution is 0.597. The van der Waals surface area contributed by atoms with Crippen LogP contribution in [0.2, 0.25) is 0 Å². The van der Waals surface area contributed by atoms with Crippen molar-refractivity contribution in [3.63, 3.8) is 0 Å². The van der Waals surface area contributed by atoms with E-state index in [0.717, 1.165) is 18.8 Å². The molecule has 0 amide bonds. The summed E-state index contributed by atoms with van der Waals surface area (Å²) in [6.07, 6.45) is 0. The lowest BCUT2D eigenvalue weighted by Crippen LogP contribution is -2.20. The second-order valence-electron chi connectivity index (χ2n) is 5.33. The van der Waals surface area contributed by atoms with Gasteiger partial charge < -0.3 is 10.6 Å². The topological polar surface area (TPSA) is 89.4 Å². The Morgan fingerprint density at radius 2 is 1.67 bits per heavy atom. The molecule has 0 saturated carbocycles. The highest BCUT2D eigenvalue weighted by molar-refractivity contribution is 7.89. The second kappa shape index (κ2) is 4.75. The van der Waals surface area contributed by atoms with Crippen molar-refractivity contribution in [2.75, 3.05) is 10.6 Å². The number of benzene rings is 2. The maximum atomic E-state index is 11.7. The van der Waals surface area contributed by atoms with Crippen LogP contribution in [0.3, 0.4) is 0 Å². The first-order chi connectivity index (χ1) is 9.86. The molecule has 1 heterocycles. The summed E-state index contributed by atoms with van der Waals surface area (Å²) in [5, 5.41) is 5.28. The maximum Gasteiger partial charge on any atom is 0.238 e. The summed E-state index contributed by atoms with van der Waals surface area (Å²) in [5.41, 5.74) is 10.2. The van der Waals surface area contributed by atoms with Gasteiger partial charge in [-0.2, -0.15) is 0 Å². The van der Waals surface area contributed by atoms with Crippen LogP contribution in [0.25, 0.3) is 0 Å². The van der Waals surface area contributed by atoms with Gasteiger partial charge in [-0.25, -0.2) is 13.6 Å². The van der Waals surface area contributed by atoms with Crippen LogP contribution in [0.5, 0.6) is 0 Å². The van der Waals surface area contributed by atoms with Crippen molar-refractivity contribution in [1.29, 1.82) is 0 Å². The quantitative estimate of drug-likeness (QED) is 0.827. The molecular weight excluding hydrogens is 286 g/mol. The Bertz CT molecular complexity index is 791. The normalized spacial score (nSPS) is 14.3. The fraction of sp³-hybridized carbons (Fsp3) is 0.200. The number of nitrogens with two attached hydrogens (primary N) is 2. The van der Waals surface area contributed by atoms with Crippen molar-refractivity contribution in [2.24, 2.45) is 5.14 Å². The SMILES string of the molecule is Cc1c(N2Cc3ccccc3C2)cc(N)cc1S(N)(=O)=O. The molecule has 0 atom stereocenters. The lowest BCUT2D eigenvalue weighted by atomic mass is 10.1. The third-order valence-electron chi connectivity index (χ3n) is 3.84. The molecule has 1 aliphatic heterocycles. The van der Waals surface area contributed by atoms with E-state index in [1.54, 1.807) is 13.0 Å². The molecule has 3 rings (SSSR count). The lowest BCUT2D eigenvalue weighted by Gasteiger charge is -2.22. The molecule has 0 bridgehead atoms.